The van der Waals surface area contributed by atoms with Crippen molar-refractivity contribution in [2.24, 2.45) is 0 Å². The number of anilines is 1. The fraction of sp³-hybridized carbons (Fsp3) is 0.538. The number of nitrogens with zero attached hydrogens (tertiary/aromatic N) is 1. The van der Waals surface area contributed by atoms with Gasteiger partial charge >= 0.3 is 0 Å². The molecule has 0 N–H and O–H groups in total. The predicted molar refractivity (Wildman–Crippen MR) is 73.3 cm³/mol. The van der Waals surface area contributed by atoms with Crippen molar-refractivity contribution in [2.45, 2.75) is 25.3 Å². The molecular formula is C13H17Cl2NO. The standard InChI is InChI=1S/C13H17Cl2NO/c1-13(2)9-17-6-5-16(13)12-7-11(15)4-3-10(12)8-14/h3-4,7H,5-6,8-9H2,1-2H3. The van der Waals surface area contributed by atoms with Gasteiger partial charge in [0.1, 0.15) is 0 Å². The largest absolute Gasteiger partial charge is 0.377 e. The van der Waals surface area contributed by atoms with E-state index in [1.807, 2.05) is 18.2 Å². The number of ether oxygens (including phenoxy) is 1. The minimum absolute atomic E-state index is 0.0241. The molecule has 1 heterocycles. The minimum Gasteiger partial charge on any atom is -0.377 e. The SMILES string of the molecule is CC1(C)COCCN1c1cc(Cl)ccc1CCl. The molecule has 2 rings (SSSR count). The number of benzene rings is 1. The summed E-state index contributed by atoms with van der Waals surface area (Å²) in [5, 5.41) is 0.746. The van der Waals surface area contributed by atoms with Crippen LogP contribution in [0.25, 0.3) is 0 Å². The Bertz CT molecular complexity index is 406. The molecule has 0 amide bonds. The van der Waals surface area contributed by atoms with Crippen LogP contribution in [0.15, 0.2) is 18.2 Å². The van der Waals surface area contributed by atoms with Crippen LogP contribution in [0.2, 0.25) is 5.02 Å². The van der Waals surface area contributed by atoms with E-state index >= 15 is 0 Å². The van der Waals surface area contributed by atoms with Crippen molar-refractivity contribution < 1.29 is 4.74 Å². The molecule has 0 unspecified atom stereocenters. The summed E-state index contributed by atoms with van der Waals surface area (Å²) in [6, 6.07) is 5.87. The average molecular weight is 274 g/mol. The lowest BCUT2D eigenvalue weighted by Crippen LogP contribution is -2.53. The zero-order valence-electron chi connectivity index (χ0n) is 10.2. The molecule has 17 heavy (non-hydrogen) atoms. The Balaban J connectivity index is 2.40. The second kappa shape index (κ2) is 5.05. The molecule has 0 spiro atoms. The molecule has 0 aliphatic carbocycles. The molecule has 0 aromatic heterocycles. The van der Waals surface area contributed by atoms with Crippen LogP contribution < -0.4 is 4.90 Å². The summed E-state index contributed by atoms with van der Waals surface area (Å²) < 4.78 is 5.53. The van der Waals surface area contributed by atoms with Crippen LogP contribution in [0, 0.1) is 0 Å². The van der Waals surface area contributed by atoms with E-state index in [-0.39, 0.29) is 5.54 Å². The molecule has 1 fully saturated rings. The lowest BCUT2D eigenvalue weighted by molar-refractivity contribution is 0.0643. The molecule has 0 radical (unpaired) electrons. The van der Waals surface area contributed by atoms with Gasteiger partial charge in [-0.1, -0.05) is 17.7 Å². The van der Waals surface area contributed by atoms with Gasteiger partial charge in [-0.2, -0.15) is 0 Å². The van der Waals surface area contributed by atoms with E-state index in [1.54, 1.807) is 0 Å². The van der Waals surface area contributed by atoms with Crippen LogP contribution in [0.4, 0.5) is 5.69 Å². The highest BCUT2D eigenvalue weighted by atomic mass is 35.5. The van der Waals surface area contributed by atoms with Crippen molar-refractivity contribution in [3.8, 4) is 0 Å². The number of alkyl halides is 1. The number of morpholine rings is 1. The molecule has 94 valence electrons. The molecule has 1 aliphatic rings. The summed E-state index contributed by atoms with van der Waals surface area (Å²) in [6.45, 7) is 6.69. The summed E-state index contributed by atoms with van der Waals surface area (Å²) in [6.07, 6.45) is 0. The Labute approximate surface area is 112 Å². The second-order valence-electron chi connectivity index (χ2n) is 4.92. The van der Waals surface area contributed by atoms with Gasteiger partial charge in [-0.25, -0.2) is 0 Å². The van der Waals surface area contributed by atoms with E-state index in [1.165, 1.54) is 0 Å². The van der Waals surface area contributed by atoms with Gasteiger partial charge < -0.3 is 9.64 Å². The molecule has 1 aliphatic heterocycles. The van der Waals surface area contributed by atoms with Crippen LogP contribution in [0.1, 0.15) is 19.4 Å². The number of rotatable bonds is 2. The monoisotopic (exact) mass is 273 g/mol. The van der Waals surface area contributed by atoms with Crippen molar-refractivity contribution in [3.63, 3.8) is 0 Å². The van der Waals surface area contributed by atoms with Crippen LogP contribution in [0.5, 0.6) is 0 Å². The van der Waals surface area contributed by atoms with Crippen molar-refractivity contribution in [2.75, 3.05) is 24.7 Å². The van der Waals surface area contributed by atoms with Gasteiger partial charge in [0, 0.05) is 23.1 Å². The third kappa shape index (κ3) is 2.70. The summed E-state index contributed by atoms with van der Waals surface area (Å²) in [7, 11) is 0. The first-order valence-corrected chi connectivity index (χ1v) is 6.65. The fourth-order valence-electron chi connectivity index (χ4n) is 2.21. The normalized spacial score (nSPS) is 19.4. The van der Waals surface area contributed by atoms with E-state index < -0.39 is 0 Å². The molecular weight excluding hydrogens is 257 g/mol. The Hall–Kier alpha value is -0.440. The van der Waals surface area contributed by atoms with Crippen molar-refractivity contribution in [3.05, 3.63) is 28.8 Å². The lowest BCUT2D eigenvalue weighted by Gasteiger charge is -2.44. The molecule has 1 aromatic carbocycles. The van der Waals surface area contributed by atoms with Crippen molar-refractivity contribution in [1.29, 1.82) is 0 Å². The van der Waals surface area contributed by atoms with E-state index in [9.17, 15) is 0 Å². The van der Waals surface area contributed by atoms with Gasteiger partial charge in [0.25, 0.3) is 0 Å². The Morgan fingerprint density at radius 2 is 2.18 bits per heavy atom. The molecule has 1 saturated heterocycles. The van der Waals surface area contributed by atoms with Crippen LogP contribution in [-0.4, -0.2) is 25.3 Å². The molecule has 0 atom stereocenters. The minimum atomic E-state index is -0.0241. The molecule has 1 aromatic rings. The zero-order chi connectivity index (χ0) is 12.5. The van der Waals surface area contributed by atoms with Gasteiger partial charge in [0.05, 0.1) is 18.8 Å². The van der Waals surface area contributed by atoms with Crippen LogP contribution in [0.3, 0.4) is 0 Å². The number of hydrogen-bond donors (Lipinski definition) is 0. The first-order chi connectivity index (χ1) is 8.04. The number of halogens is 2. The van der Waals surface area contributed by atoms with Crippen molar-refractivity contribution >= 4 is 28.9 Å². The van der Waals surface area contributed by atoms with Gasteiger partial charge in [-0.3, -0.25) is 0 Å². The summed E-state index contributed by atoms with van der Waals surface area (Å²) in [5.41, 5.74) is 2.22. The topological polar surface area (TPSA) is 12.5 Å². The van der Waals surface area contributed by atoms with Crippen molar-refractivity contribution in [1.82, 2.24) is 0 Å². The summed E-state index contributed by atoms with van der Waals surface area (Å²) in [4.78, 5) is 2.33. The van der Waals surface area contributed by atoms with E-state index in [0.717, 1.165) is 36.0 Å². The van der Waals surface area contributed by atoms with Gasteiger partial charge in [0.15, 0.2) is 0 Å². The van der Waals surface area contributed by atoms with E-state index in [2.05, 4.69) is 18.7 Å². The predicted octanol–water partition coefficient (Wildman–Crippen LogP) is 3.69. The molecule has 0 bridgehead atoms. The fourth-order valence-corrected chi connectivity index (χ4v) is 2.60. The molecule has 2 nitrogen and oxygen atoms in total. The smallest absolute Gasteiger partial charge is 0.0694 e. The second-order valence-corrected chi connectivity index (χ2v) is 5.63. The maximum atomic E-state index is 6.09. The third-order valence-electron chi connectivity index (χ3n) is 3.13. The average Bonchev–Trinajstić information content (AvgIpc) is 2.28. The maximum absolute atomic E-state index is 6.09. The maximum Gasteiger partial charge on any atom is 0.0694 e. The third-order valence-corrected chi connectivity index (χ3v) is 3.65. The lowest BCUT2D eigenvalue weighted by atomic mass is 10.00. The summed E-state index contributed by atoms with van der Waals surface area (Å²) in [5.74, 6) is 0.500. The van der Waals surface area contributed by atoms with Gasteiger partial charge in [-0.15, -0.1) is 11.6 Å². The zero-order valence-corrected chi connectivity index (χ0v) is 11.7. The quantitative estimate of drug-likeness (QED) is 0.762. The van der Waals surface area contributed by atoms with Crippen LogP contribution in [-0.2, 0) is 10.6 Å². The van der Waals surface area contributed by atoms with Gasteiger partial charge in [-0.05, 0) is 31.5 Å². The Morgan fingerprint density at radius 3 is 2.82 bits per heavy atom. The Kier molecular flexibility index (Phi) is 3.86. The van der Waals surface area contributed by atoms with E-state index in [0.29, 0.717) is 5.88 Å². The van der Waals surface area contributed by atoms with E-state index in [4.69, 9.17) is 27.9 Å². The van der Waals surface area contributed by atoms with Gasteiger partial charge in [0.2, 0.25) is 0 Å². The number of hydrogen-bond acceptors (Lipinski definition) is 2. The summed E-state index contributed by atoms with van der Waals surface area (Å²) >= 11 is 12.1. The molecule has 0 saturated carbocycles. The Morgan fingerprint density at radius 1 is 1.41 bits per heavy atom. The highest BCUT2D eigenvalue weighted by Crippen LogP contribution is 2.32. The highest BCUT2D eigenvalue weighted by molar-refractivity contribution is 6.31. The highest BCUT2D eigenvalue weighted by Gasteiger charge is 2.31. The van der Waals surface area contributed by atoms with Crippen LogP contribution >= 0.6 is 23.2 Å². The first kappa shape index (κ1) is 13.0. The first-order valence-electron chi connectivity index (χ1n) is 5.74. The molecule has 4 heteroatoms.